The lowest BCUT2D eigenvalue weighted by Crippen LogP contribution is -2.17. The van der Waals surface area contributed by atoms with Crippen molar-refractivity contribution in [3.63, 3.8) is 0 Å². The van der Waals surface area contributed by atoms with E-state index in [1.54, 1.807) is 31.2 Å². The van der Waals surface area contributed by atoms with Crippen molar-refractivity contribution in [3.8, 4) is 11.6 Å². The van der Waals surface area contributed by atoms with Gasteiger partial charge in [0.15, 0.2) is 0 Å². The van der Waals surface area contributed by atoms with Crippen LogP contribution in [0.2, 0.25) is 0 Å². The van der Waals surface area contributed by atoms with Gasteiger partial charge in [0.05, 0.1) is 17.9 Å². The molecule has 0 saturated carbocycles. The van der Waals surface area contributed by atoms with Crippen molar-refractivity contribution in [2.75, 3.05) is 5.32 Å². The summed E-state index contributed by atoms with van der Waals surface area (Å²) in [4.78, 5) is 7.70. The fourth-order valence-electron chi connectivity index (χ4n) is 2.03. The molecule has 0 fully saturated rings. The van der Waals surface area contributed by atoms with Crippen LogP contribution in [0, 0.1) is 0 Å². The molecule has 0 radical (unpaired) electrons. The highest BCUT2D eigenvalue weighted by atomic mass is 19.4. The number of nitrogens with one attached hydrogen (secondary N) is 1. The van der Waals surface area contributed by atoms with Gasteiger partial charge in [0.25, 0.3) is 0 Å². The molecular formula is C18H22F3N3O2. The minimum atomic E-state index is -4.60. The third-order valence-corrected chi connectivity index (χ3v) is 3.44. The molecule has 5 nitrogen and oxygen atoms in total. The van der Waals surface area contributed by atoms with Crippen LogP contribution in [0.3, 0.4) is 0 Å². The maximum absolute atomic E-state index is 13.2. The average molecular weight is 369 g/mol. The van der Waals surface area contributed by atoms with Gasteiger partial charge < -0.3 is 14.8 Å². The highest BCUT2D eigenvalue weighted by Crippen LogP contribution is 2.36. The van der Waals surface area contributed by atoms with E-state index in [0.717, 1.165) is 6.20 Å². The number of nitrogens with zero attached hydrogens (tertiary/aromatic N) is 2. The molecule has 0 bridgehead atoms. The SMILES string of the molecule is CCC(C)Oc1nc(Nc2ccccc2OC(C)C)ncc1C(F)(F)F. The summed E-state index contributed by atoms with van der Waals surface area (Å²) in [6.45, 7) is 7.26. The Balaban J connectivity index is 2.35. The molecule has 0 aliphatic carbocycles. The number of halogens is 3. The molecule has 0 spiro atoms. The van der Waals surface area contributed by atoms with Crippen molar-refractivity contribution in [2.45, 2.75) is 52.5 Å². The highest BCUT2D eigenvalue weighted by molar-refractivity contribution is 5.62. The number of alkyl halides is 3. The molecule has 2 rings (SSSR count). The molecule has 26 heavy (non-hydrogen) atoms. The van der Waals surface area contributed by atoms with E-state index in [1.165, 1.54) is 0 Å². The van der Waals surface area contributed by atoms with E-state index >= 15 is 0 Å². The maximum atomic E-state index is 13.2. The predicted octanol–water partition coefficient (Wildman–Crippen LogP) is 5.20. The number of para-hydroxylation sites is 2. The van der Waals surface area contributed by atoms with Crippen LogP contribution < -0.4 is 14.8 Å². The van der Waals surface area contributed by atoms with Gasteiger partial charge in [-0.05, 0) is 39.3 Å². The smallest absolute Gasteiger partial charge is 0.423 e. The van der Waals surface area contributed by atoms with Crippen LogP contribution in [0.1, 0.15) is 39.7 Å². The Morgan fingerprint density at radius 2 is 1.81 bits per heavy atom. The van der Waals surface area contributed by atoms with Crippen molar-refractivity contribution < 1.29 is 22.6 Å². The number of anilines is 2. The molecule has 1 aromatic carbocycles. The zero-order valence-corrected chi connectivity index (χ0v) is 15.1. The van der Waals surface area contributed by atoms with Gasteiger partial charge in [-0.2, -0.15) is 18.2 Å². The topological polar surface area (TPSA) is 56.3 Å². The lowest BCUT2D eigenvalue weighted by Gasteiger charge is -2.18. The number of rotatable bonds is 7. The van der Waals surface area contributed by atoms with Gasteiger partial charge in [0, 0.05) is 6.20 Å². The molecular weight excluding hydrogens is 347 g/mol. The highest BCUT2D eigenvalue weighted by Gasteiger charge is 2.36. The van der Waals surface area contributed by atoms with E-state index in [4.69, 9.17) is 9.47 Å². The van der Waals surface area contributed by atoms with Gasteiger partial charge in [-0.3, -0.25) is 0 Å². The number of benzene rings is 1. The first-order valence-corrected chi connectivity index (χ1v) is 8.34. The first-order valence-electron chi connectivity index (χ1n) is 8.34. The van der Waals surface area contributed by atoms with Gasteiger partial charge in [-0.25, -0.2) is 4.98 Å². The van der Waals surface area contributed by atoms with E-state index in [2.05, 4.69) is 15.3 Å². The number of hydrogen-bond acceptors (Lipinski definition) is 5. The fourth-order valence-corrected chi connectivity index (χ4v) is 2.03. The fraction of sp³-hybridized carbons (Fsp3) is 0.444. The Bertz CT molecular complexity index is 736. The van der Waals surface area contributed by atoms with E-state index in [-0.39, 0.29) is 12.1 Å². The molecule has 0 amide bonds. The Labute approximate surface area is 150 Å². The summed E-state index contributed by atoms with van der Waals surface area (Å²) >= 11 is 0. The summed E-state index contributed by atoms with van der Waals surface area (Å²) in [5, 5.41) is 2.89. The van der Waals surface area contributed by atoms with Crippen LogP contribution in [-0.4, -0.2) is 22.2 Å². The summed E-state index contributed by atoms with van der Waals surface area (Å²) in [6, 6.07) is 7.06. The lowest BCUT2D eigenvalue weighted by atomic mass is 10.3. The van der Waals surface area contributed by atoms with Gasteiger partial charge in [0.1, 0.15) is 11.3 Å². The Kier molecular flexibility index (Phi) is 6.28. The molecule has 0 aliphatic heterocycles. The molecule has 1 N–H and O–H groups in total. The van der Waals surface area contributed by atoms with Crippen molar-refractivity contribution in [1.82, 2.24) is 9.97 Å². The molecule has 142 valence electrons. The molecule has 2 aromatic rings. The number of hydrogen-bond donors (Lipinski definition) is 1. The third-order valence-electron chi connectivity index (χ3n) is 3.44. The first-order chi connectivity index (χ1) is 12.2. The largest absolute Gasteiger partial charge is 0.489 e. The van der Waals surface area contributed by atoms with Crippen molar-refractivity contribution in [2.24, 2.45) is 0 Å². The van der Waals surface area contributed by atoms with Crippen LogP contribution in [0.4, 0.5) is 24.8 Å². The molecule has 0 saturated heterocycles. The summed E-state index contributed by atoms with van der Waals surface area (Å²) in [5.74, 6) is 0.0538. The van der Waals surface area contributed by atoms with E-state index in [0.29, 0.717) is 17.9 Å². The van der Waals surface area contributed by atoms with Crippen LogP contribution >= 0.6 is 0 Å². The quantitative estimate of drug-likeness (QED) is 0.727. The summed E-state index contributed by atoms with van der Waals surface area (Å²) < 4.78 is 50.5. The molecule has 1 unspecified atom stereocenters. The van der Waals surface area contributed by atoms with E-state index < -0.39 is 23.7 Å². The molecule has 1 heterocycles. The number of ether oxygens (including phenoxy) is 2. The van der Waals surface area contributed by atoms with Crippen LogP contribution in [0.25, 0.3) is 0 Å². The standard InChI is InChI=1S/C18H22F3N3O2/c1-5-12(4)26-16-13(18(19,20)21)10-22-17(24-16)23-14-8-6-7-9-15(14)25-11(2)3/h6-12H,5H2,1-4H3,(H,22,23,24). The van der Waals surface area contributed by atoms with Crippen molar-refractivity contribution in [3.05, 3.63) is 36.0 Å². The van der Waals surface area contributed by atoms with Gasteiger partial charge in [-0.15, -0.1) is 0 Å². The Hall–Kier alpha value is -2.51. The maximum Gasteiger partial charge on any atom is 0.423 e. The first kappa shape index (κ1) is 19.8. The van der Waals surface area contributed by atoms with Crippen LogP contribution in [-0.2, 0) is 6.18 Å². The molecule has 8 heteroatoms. The van der Waals surface area contributed by atoms with Gasteiger partial charge >= 0.3 is 6.18 Å². The minimum Gasteiger partial charge on any atom is -0.489 e. The van der Waals surface area contributed by atoms with Gasteiger partial charge in [-0.1, -0.05) is 19.1 Å². The Morgan fingerprint density at radius 3 is 2.42 bits per heavy atom. The molecule has 0 aliphatic rings. The number of aromatic nitrogens is 2. The monoisotopic (exact) mass is 369 g/mol. The van der Waals surface area contributed by atoms with Crippen LogP contribution in [0.5, 0.6) is 11.6 Å². The zero-order valence-electron chi connectivity index (χ0n) is 15.1. The second-order valence-corrected chi connectivity index (χ2v) is 6.03. The summed E-state index contributed by atoms with van der Waals surface area (Å²) in [7, 11) is 0. The predicted molar refractivity (Wildman–Crippen MR) is 92.9 cm³/mol. The molecule has 1 aromatic heterocycles. The van der Waals surface area contributed by atoms with Crippen LogP contribution in [0.15, 0.2) is 30.5 Å². The average Bonchev–Trinajstić information content (AvgIpc) is 2.55. The third kappa shape index (κ3) is 5.24. The van der Waals surface area contributed by atoms with Crippen molar-refractivity contribution >= 4 is 11.6 Å². The second-order valence-electron chi connectivity index (χ2n) is 6.03. The normalized spacial score (nSPS) is 12.8. The summed E-state index contributed by atoms with van der Waals surface area (Å²) in [6.07, 6.45) is -3.79. The van der Waals surface area contributed by atoms with Gasteiger partial charge in [0.2, 0.25) is 11.8 Å². The second kappa shape index (κ2) is 8.25. The van der Waals surface area contributed by atoms with Crippen molar-refractivity contribution in [1.29, 1.82) is 0 Å². The minimum absolute atomic E-state index is 0.00360. The van der Waals surface area contributed by atoms with E-state index in [1.807, 2.05) is 20.8 Å². The molecule has 1 atom stereocenters. The van der Waals surface area contributed by atoms with E-state index in [9.17, 15) is 13.2 Å². The Morgan fingerprint density at radius 1 is 1.12 bits per heavy atom. The lowest BCUT2D eigenvalue weighted by molar-refractivity contribution is -0.139. The summed E-state index contributed by atoms with van der Waals surface area (Å²) in [5.41, 5.74) is -0.453. The zero-order chi connectivity index (χ0) is 19.3.